The lowest BCUT2D eigenvalue weighted by atomic mass is 9.85. The van der Waals surface area contributed by atoms with Gasteiger partial charge in [-0.3, -0.25) is 9.59 Å². The molecule has 0 aromatic heterocycles. The first-order chi connectivity index (χ1) is 13.0. The first-order valence-electron chi connectivity index (χ1n) is 9.51. The van der Waals surface area contributed by atoms with E-state index in [9.17, 15) is 14.0 Å². The standard InChI is InChI=1S/C20H27FN2O4/c1-26-17-11-14(4-5-16(17)21)12-20(9-7-19(25)23-20)8-6-18(24)22-13-15-3-2-10-27-15/h4-5,11,15H,2-3,6-10,12-13H2,1H3,(H,22,24)(H,23,25)/t15-,20-/m0/s1. The molecule has 0 aliphatic carbocycles. The Labute approximate surface area is 158 Å². The summed E-state index contributed by atoms with van der Waals surface area (Å²) in [7, 11) is 1.42. The van der Waals surface area contributed by atoms with Gasteiger partial charge >= 0.3 is 0 Å². The molecule has 7 heteroatoms. The van der Waals surface area contributed by atoms with Gasteiger partial charge in [-0.2, -0.15) is 0 Å². The molecule has 27 heavy (non-hydrogen) atoms. The molecule has 6 nitrogen and oxygen atoms in total. The van der Waals surface area contributed by atoms with E-state index in [-0.39, 0.29) is 23.7 Å². The molecule has 1 aromatic carbocycles. The number of methoxy groups -OCH3 is 1. The van der Waals surface area contributed by atoms with Crippen molar-refractivity contribution in [3.63, 3.8) is 0 Å². The molecule has 0 radical (unpaired) electrons. The summed E-state index contributed by atoms with van der Waals surface area (Å²) in [6.45, 7) is 1.30. The van der Waals surface area contributed by atoms with Crippen molar-refractivity contribution in [3.8, 4) is 5.75 Å². The van der Waals surface area contributed by atoms with Gasteiger partial charge in [0, 0.05) is 31.5 Å². The lowest BCUT2D eigenvalue weighted by Gasteiger charge is -2.29. The monoisotopic (exact) mass is 378 g/mol. The van der Waals surface area contributed by atoms with Gasteiger partial charge in [-0.15, -0.1) is 0 Å². The third-order valence-corrected chi connectivity index (χ3v) is 5.37. The minimum absolute atomic E-state index is 0.0103. The maximum absolute atomic E-state index is 13.6. The lowest BCUT2D eigenvalue weighted by molar-refractivity contribution is -0.123. The number of hydrogen-bond donors (Lipinski definition) is 2. The maximum Gasteiger partial charge on any atom is 0.220 e. The SMILES string of the molecule is COc1cc(C[C@]2(CCC(=O)NC[C@@H]3CCCO3)CCC(=O)N2)ccc1F. The second-order valence-corrected chi connectivity index (χ2v) is 7.41. The first kappa shape index (κ1) is 19.6. The van der Waals surface area contributed by atoms with Crippen molar-refractivity contribution in [2.24, 2.45) is 0 Å². The molecule has 2 aliphatic heterocycles. The average Bonchev–Trinajstić information content (AvgIpc) is 3.30. The fourth-order valence-corrected chi connectivity index (χ4v) is 3.86. The second-order valence-electron chi connectivity index (χ2n) is 7.41. The molecule has 0 bridgehead atoms. The Morgan fingerprint density at radius 2 is 2.33 bits per heavy atom. The van der Waals surface area contributed by atoms with Crippen LogP contribution >= 0.6 is 0 Å². The summed E-state index contributed by atoms with van der Waals surface area (Å²) in [5.74, 6) is -0.285. The number of nitrogens with one attached hydrogen (secondary N) is 2. The van der Waals surface area contributed by atoms with Crippen molar-refractivity contribution in [1.82, 2.24) is 10.6 Å². The fourth-order valence-electron chi connectivity index (χ4n) is 3.86. The third kappa shape index (κ3) is 5.19. The van der Waals surface area contributed by atoms with Crippen molar-refractivity contribution in [1.29, 1.82) is 0 Å². The number of halogens is 1. The summed E-state index contributed by atoms with van der Waals surface area (Å²) >= 11 is 0. The fraction of sp³-hybridized carbons (Fsp3) is 0.600. The molecule has 2 aliphatic rings. The van der Waals surface area contributed by atoms with Gasteiger partial charge in [-0.05, 0) is 49.8 Å². The third-order valence-electron chi connectivity index (χ3n) is 5.37. The Balaban J connectivity index is 1.59. The summed E-state index contributed by atoms with van der Waals surface area (Å²) in [5.41, 5.74) is 0.386. The number of benzene rings is 1. The highest BCUT2D eigenvalue weighted by Crippen LogP contribution is 2.31. The van der Waals surface area contributed by atoms with Crippen LogP contribution in [0, 0.1) is 5.82 Å². The Morgan fingerprint density at radius 1 is 1.48 bits per heavy atom. The van der Waals surface area contributed by atoms with Crippen LogP contribution in [0.15, 0.2) is 18.2 Å². The summed E-state index contributed by atoms with van der Waals surface area (Å²) in [6.07, 6.45) is 4.63. The van der Waals surface area contributed by atoms with E-state index in [1.165, 1.54) is 13.2 Å². The van der Waals surface area contributed by atoms with E-state index < -0.39 is 11.4 Å². The molecule has 0 saturated carbocycles. The van der Waals surface area contributed by atoms with Crippen molar-refractivity contribution in [2.45, 2.75) is 56.6 Å². The van der Waals surface area contributed by atoms with Gasteiger partial charge in [0.1, 0.15) is 0 Å². The molecule has 3 rings (SSSR count). The largest absolute Gasteiger partial charge is 0.494 e. The average molecular weight is 378 g/mol. The molecule has 148 valence electrons. The van der Waals surface area contributed by atoms with Crippen molar-refractivity contribution >= 4 is 11.8 Å². The van der Waals surface area contributed by atoms with Crippen LogP contribution in [-0.4, -0.2) is 43.7 Å². The van der Waals surface area contributed by atoms with E-state index in [0.29, 0.717) is 38.6 Å². The Morgan fingerprint density at radius 3 is 3.00 bits per heavy atom. The summed E-state index contributed by atoms with van der Waals surface area (Å²) in [6, 6.07) is 4.72. The van der Waals surface area contributed by atoms with E-state index in [1.807, 2.05) is 0 Å². The zero-order valence-corrected chi connectivity index (χ0v) is 15.7. The number of carbonyl (C=O) groups excluding carboxylic acids is 2. The van der Waals surface area contributed by atoms with E-state index >= 15 is 0 Å². The minimum atomic E-state index is -0.485. The predicted octanol–water partition coefficient (Wildman–Crippen LogP) is 2.10. The van der Waals surface area contributed by atoms with Crippen LogP contribution in [0.1, 0.15) is 44.1 Å². The molecule has 1 aromatic rings. The summed E-state index contributed by atoms with van der Waals surface area (Å²) in [4.78, 5) is 24.1. The van der Waals surface area contributed by atoms with Gasteiger partial charge in [0.15, 0.2) is 11.6 Å². The van der Waals surface area contributed by atoms with Crippen LogP contribution in [0.2, 0.25) is 0 Å². The molecular formula is C20H27FN2O4. The predicted molar refractivity (Wildman–Crippen MR) is 98.0 cm³/mol. The van der Waals surface area contributed by atoms with Crippen molar-refractivity contribution in [2.75, 3.05) is 20.3 Å². The maximum atomic E-state index is 13.6. The van der Waals surface area contributed by atoms with E-state index in [4.69, 9.17) is 9.47 Å². The number of amides is 2. The molecule has 0 spiro atoms. The topological polar surface area (TPSA) is 76.7 Å². The molecule has 2 fully saturated rings. The zero-order valence-electron chi connectivity index (χ0n) is 15.7. The number of ether oxygens (including phenoxy) is 2. The van der Waals surface area contributed by atoms with Crippen LogP contribution in [0.3, 0.4) is 0 Å². The highest BCUT2D eigenvalue weighted by molar-refractivity contribution is 5.80. The normalized spacial score (nSPS) is 24.7. The van der Waals surface area contributed by atoms with Gasteiger partial charge < -0.3 is 20.1 Å². The van der Waals surface area contributed by atoms with Crippen LogP contribution < -0.4 is 15.4 Å². The first-order valence-corrected chi connectivity index (χ1v) is 9.51. The van der Waals surface area contributed by atoms with Crippen LogP contribution in [0.25, 0.3) is 0 Å². The Bertz CT molecular complexity index is 691. The second kappa shape index (κ2) is 8.69. The molecule has 2 saturated heterocycles. The van der Waals surface area contributed by atoms with Crippen molar-refractivity contribution < 1.29 is 23.5 Å². The molecule has 2 heterocycles. The number of hydrogen-bond acceptors (Lipinski definition) is 4. The highest BCUT2D eigenvalue weighted by Gasteiger charge is 2.38. The molecule has 2 atom stereocenters. The molecule has 2 amide bonds. The van der Waals surface area contributed by atoms with Gasteiger partial charge in [-0.25, -0.2) is 4.39 Å². The smallest absolute Gasteiger partial charge is 0.220 e. The Kier molecular flexibility index (Phi) is 6.31. The quantitative estimate of drug-likeness (QED) is 0.726. The lowest BCUT2D eigenvalue weighted by Crippen LogP contribution is -2.44. The Hall–Kier alpha value is -2.15. The van der Waals surface area contributed by atoms with Gasteiger partial charge in [0.25, 0.3) is 0 Å². The minimum Gasteiger partial charge on any atom is -0.494 e. The molecule has 2 N–H and O–H groups in total. The highest BCUT2D eigenvalue weighted by atomic mass is 19.1. The molecular weight excluding hydrogens is 351 g/mol. The van der Waals surface area contributed by atoms with Crippen LogP contribution in [0.5, 0.6) is 5.75 Å². The summed E-state index contributed by atoms with van der Waals surface area (Å²) < 4.78 is 24.2. The van der Waals surface area contributed by atoms with Gasteiger partial charge in [0.05, 0.1) is 13.2 Å². The summed E-state index contributed by atoms with van der Waals surface area (Å²) in [5, 5.41) is 5.96. The molecule has 0 unspecified atom stereocenters. The van der Waals surface area contributed by atoms with Crippen LogP contribution in [0.4, 0.5) is 4.39 Å². The zero-order chi connectivity index (χ0) is 19.3. The van der Waals surface area contributed by atoms with E-state index in [1.54, 1.807) is 12.1 Å². The number of rotatable bonds is 8. The van der Waals surface area contributed by atoms with Crippen molar-refractivity contribution in [3.05, 3.63) is 29.6 Å². The van der Waals surface area contributed by atoms with E-state index in [0.717, 1.165) is 25.0 Å². The van der Waals surface area contributed by atoms with E-state index in [2.05, 4.69) is 10.6 Å². The number of carbonyl (C=O) groups is 2. The van der Waals surface area contributed by atoms with Gasteiger partial charge in [-0.1, -0.05) is 6.07 Å². The van der Waals surface area contributed by atoms with Crippen LogP contribution in [-0.2, 0) is 20.7 Å². The van der Waals surface area contributed by atoms with Gasteiger partial charge in [0.2, 0.25) is 11.8 Å².